The molecule has 0 bridgehead atoms. The Bertz CT molecular complexity index is 1060. The number of rotatable bonds is 5. The molecule has 0 radical (unpaired) electrons. The Labute approximate surface area is 194 Å². The van der Waals surface area contributed by atoms with E-state index in [0.29, 0.717) is 29.3 Å². The van der Waals surface area contributed by atoms with E-state index in [9.17, 15) is 4.79 Å². The summed E-state index contributed by atoms with van der Waals surface area (Å²) in [4.78, 5) is 30.3. The normalized spacial score (nSPS) is 17.5. The number of amides is 1. The number of hydrogen-bond donors (Lipinski definition) is 1. The lowest BCUT2D eigenvalue weighted by Gasteiger charge is -2.31. The van der Waals surface area contributed by atoms with E-state index in [1.807, 2.05) is 12.1 Å². The Morgan fingerprint density at radius 2 is 1.97 bits per heavy atom. The molecule has 3 aromatic heterocycles. The van der Waals surface area contributed by atoms with Crippen LogP contribution in [0.3, 0.4) is 0 Å². The van der Waals surface area contributed by atoms with Crippen LogP contribution in [0.25, 0.3) is 11.5 Å². The molecular formula is C21H23ClN6O3S. The molecule has 3 aromatic rings. The van der Waals surface area contributed by atoms with E-state index in [0.717, 1.165) is 55.5 Å². The number of nitrogens with zero attached hydrogens (tertiary/aromatic N) is 5. The largest absolute Gasteiger partial charge is 0.463 e. The molecular weight excluding hydrogens is 452 g/mol. The van der Waals surface area contributed by atoms with Crippen molar-refractivity contribution in [3.8, 4) is 11.5 Å². The molecule has 0 saturated carbocycles. The fraction of sp³-hybridized carbons (Fsp3) is 0.429. The number of thiazole rings is 1. The second-order valence-corrected chi connectivity index (χ2v) is 9.06. The van der Waals surface area contributed by atoms with E-state index in [1.165, 1.54) is 17.7 Å². The van der Waals surface area contributed by atoms with Gasteiger partial charge in [0.05, 0.1) is 19.5 Å². The molecule has 32 heavy (non-hydrogen) atoms. The average Bonchev–Trinajstić information content (AvgIpc) is 3.50. The van der Waals surface area contributed by atoms with Crippen molar-refractivity contribution in [1.29, 1.82) is 0 Å². The van der Waals surface area contributed by atoms with Gasteiger partial charge in [-0.25, -0.2) is 15.0 Å². The van der Waals surface area contributed by atoms with Crippen molar-refractivity contribution in [3.05, 3.63) is 35.9 Å². The first-order valence-corrected chi connectivity index (χ1v) is 11.8. The lowest BCUT2D eigenvalue weighted by molar-refractivity contribution is -0.120. The number of morpholine rings is 1. The highest BCUT2D eigenvalue weighted by molar-refractivity contribution is 7.20. The number of carbonyl (C=O) groups excluding carboxylic acids is 1. The van der Waals surface area contributed by atoms with Gasteiger partial charge in [0.1, 0.15) is 28.0 Å². The highest BCUT2D eigenvalue weighted by atomic mass is 35.5. The van der Waals surface area contributed by atoms with E-state index in [1.54, 1.807) is 12.3 Å². The molecule has 0 spiro atoms. The van der Waals surface area contributed by atoms with E-state index in [4.69, 9.17) is 25.7 Å². The number of ether oxygens (including phenoxy) is 1. The van der Waals surface area contributed by atoms with Crippen LogP contribution in [0.1, 0.15) is 12.8 Å². The zero-order chi connectivity index (χ0) is 21.9. The molecule has 2 saturated heterocycles. The highest BCUT2D eigenvalue weighted by Gasteiger charge is 2.28. The lowest BCUT2D eigenvalue weighted by Crippen LogP contribution is -2.38. The van der Waals surface area contributed by atoms with E-state index in [2.05, 4.69) is 25.1 Å². The van der Waals surface area contributed by atoms with Crippen LogP contribution in [-0.4, -0.2) is 60.3 Å². The van der Waals surface area contributed by atoms with Crippen molar-refractivity contribution in [2.24, 2.45) is 5.92 Å². The van der Waals surface area contributed by atoms with Crippen molar-refractivity contribution < 1.29 is 13.9 Å². The minimum atomic E-state index is -0.0774. The quantitative estimate of drug-likeness (QED) is 0.561. The van der Waals surface area contributed by atoms with Gasteiger partial charge < -0.3 is 24.3 Å². The third-order valence-corrected chi connectivity index (χ3v) is 6.94. The van der Waals surface area contributed by atoms with Gasteiger partial charge in [-0.1, -0.05) is 22.9 Å². The maximum absolute atomic E-state index is 13.0. The summed E-state index contributed by atoms with van der Waals surface area (Å²) in [6.45, 7) is 4.39. The van der Waals surface area contributed by atoms with Gasteiger partial charge in [-0.2, -0.15) is 0 Å². The number of hydrogen-bond acceptors (Lipinski definition) is 9. The first-order valence-electron chi connectivity index (χ1n) is 10.6. The number of anilines is 3. The van der Waals surface area contributed by atoms with Gasteiger partial charge >= 0.3 is 0 Å². The third kappa shape index (κ3) is 4.57. The van der Waals surface area contributed by atoms with Gasteiger partial charge in [-0.3, -0.25) is 4.79 Å². The Kier molecular flexibility index (Phi) is 6.24. The summed E-state index contributed by atoms with van der Waals surface area (Å²) < 4.78 is 11.1. The van der Waals surface area contributed by atoms with E-state index in [-0.39, 0.29) is 11.8 Å². The van der Waals surface area contributed by atoms with Crippen LogP contribution in [0.2, 0.25) is 5.15 Å². The number of nitrogens with one attached hydrogen (secondary N) is 1. The molecule has 0 aromatic carbocycles. The number of halogens is 1. The van der Waals surface area contributed by atoms with E-state index < -0.39 is 0 Å². The summed E-state index contributed by atoms with van der Waals surface area (Å²) in [5.41, 5.74) is 0.757. The van der Waals surface area contributed by atoms with Crippen LogP contribution < -0.4 is 15.1 Å². The molecule has 0 atom stereocenters. The van der Waals surface area contributed by atoms with Crippen molar-refractivity contribution in [1.82, 2.24) is 15.0 Å². The summed E-state index contributed by atoms with van der Waals surface area (Å²) in [6, 6.07) is 5.48. The first kappa shape index (κ1) is 21.2. The maximum Gasteiger partial charge on any atom is 0.229 e. The number of aromatic nitrogens is 3. The Hall–Kier alpha value is -2.69. The minimum Gasteiger partial charge on any atom is -0.463 e. The SMILES string of the molecule is O=C(Nc1nc(-c2ccco2)c(N2CCOCC2)s1)C1CCN(c2cc(Cl)ncn2)CC1. The van der Waals surface area contributed by atoms with Gasteiger partial charge in [0.2, 0.25) is 5.91 Å². The third-order valence-electron chi connectivity index (χ3n) is 5.70. The lowest BCUT2D eigenvalue weighted by atomic mass is 9.96. The summed E-state index contributed by atoms with van der Waals surface area (Å²) in [7, 11) is 0. The van der Waals surface area contributed by atoms with Gasteiger partial charge in [0, 0.05) is 38.2 Å². The molecule has 2 aliphatic heterocycles. The topological polar surface area (TPSA) is 96.6 Å². The maximum atomic E-state index is 13.0. The van der Waals surface area contributed by atoms with Crippen LogP contribution in [-0.2, 0) is 9.53 Å². The van der Waals surface area contributed by atoms with Crippen LogP contribution in [0.15, 0.2) is 35.2 Å². The Morgan fingerprint density at radius 1 is 1.16 bits per heavy atom. The smallest absolute Gasteiger partial charge is 0.229 e. The molecule has 5 heterocycles. The second kappa shape index (κ2) is 9.43. The standard InChI is InChI=1S/C21H23ClN6O3S/c22-16-12-17(24-13-23-16)27-5-3-14(4-6-27)19(29)26-21-25-18(15-2-1-9-31-15)20(32-21)28-7-10-30-11-8-28/h1-2,9,12-14H,3-8,10-11H2,(H,25,26,29). The molecule has 9 nitrogen and oxygen atoms in total. The zero-order valence-electron chi connectivity index (χ0n) is 17.4. The van der Waals surface area contributed by atoms with Gasteiger partial charge in [0.15, 0.2) is 10.9 Å². The van der Waals surface area contributed by atoms with Crippen molar-refractivity contribution in [2.45, 2.75) is 12.8 Å². The predicted molar refractivity (Wildman–Crippen MR) is 123 cm³/mol. The molecule has 1 amide bonds. The summed E-state index contributed by atoms with van der Waals surface area (Å²) in [6.07, 6.45) is 4.57. The predicted octanol–water partition coefficient (Wildman–Crippen LogP) is 3.54. The molecule has 5 rings (SSSR count). The van der Waals surface area contributed by atoms with Gasteiger partial charge in [-0.05, 0) is 25.0 Å². The van der Waals surface area contributed by atoms with E-state index >= 15 is 0 Å². The number of furan rings is 1. The number of carbonyl (C=O) groups is 1. The fourth-order valence-electron chi connectivity index (χ4n) is 4.00. The molecule has 168 valence electrons. The van der Waals surface area contributed by atoms with Gasteiger partial charge in [-0.15, -0.1) is 0 Å². The van der Waals surface area contributed by atoms with Crippen LogP contribution >= 0.6 is 22.9 Å². The monoisotopic (exact) mass is 474 g/mol. The molecule has 2 aliphatic rings. The first-order chi connectivity index (χ1) is 15.7. The minimum absolute atomic E-state index is 0.00126. The van der Waals surface area contributed by atoms with Crippen LogP contribution in [0.5, 0.6) is 0 Å². The van der Waals surface area contributed by atoms with Gasteiger partial charge in [0.25, 0.3) is 0 Å². The molecule has 0 unspecified atom stereocenters. The van der Waals surface area contributed by atoms with Crippen molar-refractivity contribution in [3.63, 3.8) is 0 Å². The average molecular weight is 475 g/mol. The molecule has 2 fully saturated rings. The van der Waals surface area contributed by atoms with Crippen LogP contribution in [0.4, 0.5) is 16.0 Å². The zero-order valence-corrected chi connectivity index (χ0v) is 18.9. The van der Waals surface area contributed by atoms with Crippen molar-refractivity contribution in [2.75, 3.05) is 54.5 Å². The fourth-order valence-corrected chi connectivity index (χ4v) is 5.16. The van der Waals surface area contributed by atoms with Crippen LogP contribution in [0, 0.1) is 5.92 Å². The summed E-state index contributed by atoms with van der Waals surface area (Å²) in [5.74, 6) is 1.41. The Morgan fingerprint density at radius 3 is 2.69 bits per heavy atom. The molecule has 11 heteroatoms. The highest BCUT2D eigenvalue weighted by Crippen LogP contribution is 2.39. The van der Waals surface area contributed by atoms with Crippen molar-refractivity contribution >= 4 is 44.8 Å². The molecule has 1 N–H and O–H groups in total. The molecule has 0 aliphatic carbocycles. The summed E-state index contributed by atoms with van der Waals surface area (Å²) in [5, 5.41) is 5.04. The number of piperidine rings is 1. The second-order valence-electron chi connectivity index (χ2n) is 7.70. The Balaban J connectivity index is 1.26. The summed E-state index contributed by atoms with van der Waals surface area (Å²) >= 11 is 7.46.